The Morgan fingerprint density at radius 3 is 2.89 bits per heavy atom. The number of carbonyl (C=O) groups excluding carboxylic acids is 1. The van der Waals surface area contributed by atoms with Crippen LogP contribution in [-0.4, -0.2) is 29.5 Å². The van der Waals surface area contributed by atoms with Gasteiger partial charge in [0, 0.05) is 9.92 Å². The lowest BCUT2D eigenvalue weighted by molar-refractivity contribution is 0.229. The Bertz CT molecular complexity index is 415. The molecule has 0 aliphatic heterocycles. The van der Waals surface area contributed by atoms with Gasteiger partial charge in [0.25, 0.3) is 0 Å². The number of urea groups is 1. The fourth-order valence-electron chi connectivity index (χ4n) is 1.31. The topological polar surface area (TPSA) is 61.4 Å². The summed E-state index contributed by atoms with van der Waals surface area (Å²) in [6, 6.07) is 4.74. The third-order valence-electron chi connectivity index (χ3n) is 2.14. The van der Waals surface area contributed by atoms with Gasteiger partial charge >= 0.3 is 6.03 Å². The van der Waals surface area contributed by atoms with Crippen molar-refractivity contribution in [2.45, 2.75) is 24.8 Å². The monoisotopic (exact) mass is 288 g/mol. The van der Waals surface area contributed by atoms with Crippen LogP contribution < -0.4 is 10.6 Å². The first-order valence-electron chi connectivity index (χ1n) is 5.67. The average molecular weight is 289 g/mol. The molecule has 0 radical (unpaired) electrons. The smallest absolute Gasteiger partial charge is 0.319 e. The molecule has 1 aromatic carbocycles. The van der Waals surface area contributed by atoms with Crippen molar-refractivity contribution in [3.63, 3.8) is 0 Å². The maximum atomic E-state index is 11.7. The van der Waals surface area contributed by atoms with Crippen LogP contribution in [0.5, 0.6) is 0 Å². The third kappa shape index (κ3) is 4.76. The first-order valence-corrected chi connectivity index (χ1v) is 7.04. The zero-order chi connectivity index (χ0) is 13.5. The Hall–Kier alpha value is -0.910. The van der Waals surface area contributed by atoms with Gasteiger partial charge in [-0.15, -0.1) is 11.8 Å². The third-order valence-corrected chi connectivity index (χ3v) is 3.33. The molecular weight excluding hydrogens is 272 g/mol. The number of aliphatic hydroxyl groups excluding tert-OH is 1. The molecule has 3 N–H and O–H groups in total. The molecule has 1 rings (SSSR count). The fourth-order valence-corrected chi connectivity index (χ4v) is 2.22. The van der Waals surface area contributed by atoms with Crippen LogP contribution in [0.2, 0.25) is 5.02 Å². The van der Waals surface area contributed by atoms with Crippen molar-refractivity contribution in [1.82, 2.24) is 5.32 Å². The molecule has 0 fully saturated rings. The highest BCUT2D eigenvalue weighted by Gasteiger charge is 2.09. The van der Waals surface area contributed by atoms with Crippen LogP contribution in [0, 0.1) is 0 Å². The summed E-state index contributed by atoms with van der Waals surface area (Å²) in [5.74, 6) is 0.908. The molecule has 0 aromatic heterocycles. The SMILES string of the molecule is CCSc1ccc(Cl)cc1NC(=O)NC(C)CO. The van der Waals surface area contributed by atoms with Gasteiger partial charge in [-0.3, -0.25) is 0 Å². The summed E-state index contributed by atoms with van der Waals surface area (Å²) in [6.45, 7) is 3.66. The minimum Gasteiger partial charge on any atom is -0.394 e. The van der Waals surface area contributed by atoms with Gasteiger partial charge in [0.15, 0.2) is 0 Å². The molecule has 0 aliphatic carbocycles. The van der Waals surface area contributed by atoms with Crippen molar-refractivity contribution in [2.75, 3.05) is 17.7 Å². The van der Waals surface area contributed by atoms with Gasteiger partial charge in [-0.2, -0.15) is 0 Å². The van der Waals surface area contributed by atoms with Crippen LogP contribution in [-0.2, 0) is 0 Å². The van der Waals surface area contributed by atoms with Crippen LogP contribution in [0.1, 0.15) is 13.8 Å². The molecule has 6 heteroatoms. The number of hydrogen-bond acceptors (Lipinski definition) is 3. The first-order chi connectivity index (χ1) is 8.56. The van der Waals surface area contributed by atoms with E-state index in [2.05, 4.69) is 10.6 Å². The maximum Gasteiger partial charge on any atom is 0.319 e. The second-order valence-corrected chi connectivity index (χ2v) is 5.50. The van der Waals surface area contributed by atoms with E-state index < -0.39 is 0 Å². The summed E-state index contributed by atoms with van der Waals surface area (Å²) >= 11 is 7.54. The molecule has 0 saturated carbocycles. The van der Waals surface area contributed by atoms with E-state index in [4.69, 9.17) is 16.7 Å². The molecular formula is C12H17ClN2O2S. The van der Waals surface area contributed by atoms with Crippen LogP contribution in [0.15, 0.2) is 23.1 Å². The Kier molecular flexibility index (Phi) is 6.32. The summed E-state index contributed by atoms with van der Waals surface area (Å²) < 4.78 is 0. The first kappa shape index (κ1) is 15.1. The largest absolute Gasteiger partial charge is 0.394 e. The number of hydrogen-bond donors (Lipinski definition) is 3. The maximum absolute atomic E-state index is 11.7. The van der Waals surface area contributed by atoms with Crippen LogP contribution in [0.4, 0.5) is 10.5 Å². The Labute approximate surface area is 116 Å². The molecule has 4 nitrogen and oxygen atoms in total. The zero-order valence-electron chi connectivity index (χ0n) is 10.4. The van der Waals surface area contributed by atoms with Gasteiger partial charge in [0.1, 0.15) is 0 Å². The summed E-state index contributed by atoms with van der Waals surface area (Å²) in [5, 5.41) is 14.8. The second kappa shape index (κ2) is 7.51. The zero-order valence-corrected chi connectivity index (χ0v) is 11.9. The number of aliphatic hydroxyl groups is 1. The van der Waals surface area contributed by atoms with Gasteiger partial charge in [-0.1, -0.05) is 18.5 Å². The highest BCUT2D eigenvalue weighted by molar-refractivity contribution is 7.99. The number of anilines is 1. The van der Waals surface area contributed by atoms with E-state index in [1.165, 1.54) is 0 Å². The van der Waals surface area contributed by atoms with Crippen molar-refractivity contribution >= 4 is 35.1 Å². The highest BCUT2D eigenvalue weighted by Crippen LogP contribution is 2.29. The van der Waals surface area contributed by atoms with E-state index in [1.54, 1.807) is 30.8 Å². The highest BCUT2D eigenvalue weighted by atomic mass is 35.5. The predicted octanol–water partition coefficient (Wildman–Crippen LogP) is 2.95. The van der Waals surface area contributed by atoms with Crippen molar-refractivity contribution in [3.8, 4) is 0 Å². The molecule has 2 amide bonds. The van der Waals surface area contributed by atoms with Gasteiger partial charge in [0.2, 0.25) is 0 Å². The summed E-state index contributed by atoms with van der Waals surface area (Å²) in [6.07, 6.45) is 0. The van der Waals surface area contributed by atoms with Gasteiger partial charge in [-0.25, -0.2) is 4.79 Å². The quantitative estimate of drug-likeness (QED) is 0.730. The Balaban J connectivity index is 2.75. The summed E-state index contributed by atoms with van der Waals surface area (Å²) in [4.78, 5) is 12.6. The summed E-state index contributed by atoms with van der Waals surface area (Å²) in [5.41, 5.74) is 0.678. The second-order valence-electron chi connectivity index (χ2n) is 3.76. The molecule has 0 aliphatic rings. The van der Waals surface area contributed by atoms with Crippen LogP contribution in [0.3, 0.4) is 0 Å². The molecule has 0 bridgehead atoms. The lowest BCUT2D eigenvalue weighted by atomic mass is 10.3. The van der Waals surface area contributed by atoms with Gasteiger partial charge < -0.3 is 15.7 Å². The van der Waals surface area contributed by atoms with E-state index in [-0.39, 0.29) is 18.7 Å². The van der Waals surface area contributed by atoms with Crippen molar-refractivity contribution in [2.24, 2.45) is 0 Å². The molecule has 1 aromatic rings. The number of rotatable bonds is 5. The van der Waals surface area contributed by atoms with E-state index >= 15 is 0 Å². The number of amides is 2. The minimum absolute atomic E-state index is 0.0977. The average Bonchev–Trinajstić information content (AvgIpc) is 2.32. The number of carbonyl (C=O) groups is 1. The molecule has 0 heterocycles. The lowest BCUT2D eigenvalue weighted by Gasteiger charge is -2.14. The molecule has 18 heavy (non-hydrogen) atoms. The number of thioether (sulfide) groups is 1. The van der Waals surface area contributed by atoms with Crippen molar-refractivity contribution in [3.05, 3.63) is 23.2 Å². The Morgan fingerprint density at radius 1 is 1.56 bits per heavy atom. The van der Waals surface area contributed by atoms with Gasteiger partial charge in [0.05, 0.1) is 18.3 Å². The summed E-state index contributed by atoms with van der Waals surface area (Å²) in [7, 11) is 0. The van der Waals surface area contributed by atoms with E-state index in [1.807, 2.05) is 13.0 Å². The molecule has 0 spiro atoms. The standard InChI is InChI=1S/C12H17ClN2O2S/c1-3-18-11-5-4-9(13)6-10(11)15-12(17)14-8(2)7-16/h4-6,8,16H,3,7H2,1-2H3,(H2,14,15,17). The molecule has 0 saturated heterocycles. The number of halogens is 1. The minimum atomic E-state index is -0.350. The molecule has 1 unspecified atom stereocenters. The fraction of sp³-hybridized carbons (Fsp3) is 0.417. The Morgan fingerprint density at radius 2 is 2.28 bits per heavy atom. The van der Waals surface area contributed by atoms with Crippen LogP contribution >= 0.6 is 23.4 Å². The number of nitrogens with one attached hydrogen (secondary N) is 2. The van der Waals surface area contributed by atoms with E-state index in [0.29, 0.717) is 10.7 Å². The van der Waals surface area contributed by atoms with Crippen molar-refractivity contribution in [1.29, 1.82) is 0 Å². The lowest BCUT2D eigenvalue weighted by Crippen LogP contribution is -2.38. The molecule has 100 valence electrons. The number of benzene rings is 1. The molecule has 1 atom stereocenters. The van der Waals surface area contributed by atoms with Crippen LogP contribution in [0.25, 0.3) is 0 Å². The van der Waals surface area contributed by atoms with Crippen molar-refractivity contribution < 1.29 is 9.90 Å². The van der Waals surface area contributed by atoms with E-state index in [9.17, 15) is 4.79 Å². The van der Waals surface area contributed by atoms with E-state index in [0.717, 1.165) is 10.6 Å². The van der Waals surface area contributed by atoms with Gasteiger partial charge in [-0.05, 0) is 30.9 Å². The predicted molar refractivity (Wildman–Crippen MR) is 76.6 cm³/mol. The normalized spacial score (nSPS) is 12.0.